The molecule has 0 atom stereocenters. The van der Waals surface area contributed by atoms with Crippen molar-refractivity contribution >= 4 is 11.5 Å². The van der Waals surface area contributed by atoms with Crippen LogP contribution in [0.5, 0.6) is 0 Å². The molecule has 0 spiro atoms. The Balaban J connectivity index is 3.48. The van der Waals surface area contributed by atoms with Crippen molar-refractivity contribution in [2.45, 2.75) is 6.92 Å². The van der Waals surface area contributed by atoms with Crippen LogP contribution >= 0.6 is 0 Å². The lowest BCUT2D eigenvalue weighted by molar-refractivity contribution is -0.112. The SMILES string of the molecule is CC(=O)/C=C(O)\C=C(/O)c1c(F)c(F)c(F)c(F)c1F. The van der Waals surface area contributed by atoms with Gasteiger partial charge in [-0.25, -0.2) is 22.0 Å². The first-order valence-corrected chi connectivity index (χ1v) is 5.00. The summed E-state index contributed by atoms with van der Waals surface area (Å²) in [7, 11) is 0. The van der Waals surface area contributed by atoms with Crippen molar-refractivity contribution in [3.8, 4) is 0 Å². The highest BCUT2D eigenvalue weighted by Crippen LogP contribution is 2.27. The van der Waals surface area contributed by atoms with Gasteiger partial charge in [-0.15, -0.1) is 0 Å². The first kappa shape index (κ1) is 15.7. The van der Waals surface area contributed by atoms with Crippen LogP contribution in [0.3, 0.4) is 0 Å². The number of allylic oxidation sites excluding steroid dienone is 2. The van der Waals surface area contributed by atoms with Gasteiger partial charge in [-0.3, -0.25) is 4.79 Å². The molecule has 0 bridgehead atoms. The van der Waals surface area contributed by atoms with E-state index in [1.807, 2.05) is 0 Å². The molecule has 0 aliphatic carbocycles. The first-order chi connectivity index (χ1) is 9.16. The van der Waals surface area contributed by atoms with Crippen LogP contribution in [0, 0.1) is 29.1 Å². The number of rotatable bonds is 3. The number of benzene rings is 1. The van der Waals surface area contributed by atoms with Gasteiger partial charge in [0.15, 0.2) is 29.1 Å². The topological polar surface area (TPSA) is 57.5 Å². The van der Waals surface area contributed by atoms with Gasteiger partial charge in [-0.05, 0) is 6.92 Å². The molecule has 0 saturated carbocycles. The molecule has 3 nitrogen and oxygen atoms in total. The van der Waals surface area contributed by atoms with E-state index in [9.17, 15) is 31.9 Å². The average molecular weight is 294 g/mol. The Hall–Kier alpha value is -2.38. The van der Waals surface area contributed by atoms with Crippen molar-refractivity contribution < 1.29 is 37.0 Å². The number of aliphatic hydroxyl groups excluding tert-OH is 2. The molecule has 0 radical (unpaired) electrons. The highest BCUT2D eigenvalue weighted by atomic mass is 19.2. The van der Waals surface area contributed by atoms with E-state index < -0.39 is 52.0 Å². The number of hydrogen-bond donors (Lipinski definition) is 2. The number of carbonyl (C=O) groups is 1. The molecule has 0 saturated heterocycles. The summed E-state index contributed by atoms with van der Waals surface area (Å²) in [6.45, 7) is 1.03. The summed E-state index contributed by atoms with van der Waals surface area (Å²) < 4.78 is 65.1. The van der Waals surface area contributed by atoms with Crippen LogP contribution in [0.4, 0.5) is 22.0 Å². The van der Waals surface area contributed by atoms with Gasteiger partial charge in [0.25, 0.3) is 0 Å². The number of ketones is 1. The monoisotopic (exact) mass is 294 g/mol. The summed E-state index contributed by atoms with van der Waals surface area (Å²) in [6.07, 6.45) is 0.849. The second-order valence-electron chi connectivity index (χ2n) is 3.65. The Morgan fingerprint density at radius 2 is 1.25 bits per heavy atom. The Bertz CT molecular complexity index is 605. The molecule has 0 aliphatic rings. The fourth-order valence-corrected chi connectivity index (χ4v) is 1.29. The maximum atomic E-state index is 13.3. The van der Waals surface area contributed by atoms with Gasteiger partial charge in [-0.1, -0.05) is 0 Å². The molecule has 8 heteroatoms. The van der Waals surface area contributed by atoms with Crippen LogP contribution in [0.1, 0.15) is 12.5 Å². The van der Waals surface area contributed by atoms with Crippen LogP contribution in [0.2, 0.25) is 0 Å². The Kier molecular flexibility index (Phi) is 4.49. The third-order valence-corrected chi connectivity index (χ3v) is 2.10. The lowest BCUT2D eigenvalue weighted by Crippen LogP contribution is -2.06. The van der Waals surface area contributed by atoms with Gasteiger partial charge in [0.1, 0.15) is 11.5 Å². The molecule has 0 heterocycles. The summed E-state index contributed by atoms with van der Waals surface area (Å²) in [5.41, 5.74) is -1.61. The molecule has 2 N–H and O–H groups in total. The highest BCUT2D eigenvalue weighted by Gasteiger charge is 2.27. The zero-order valence-corrected chi connectivity index (χ0v) is 9.85. The van der Waals surface area contributed by atoms with Crippen molar-refractivity contribution in [3.63, 3.8) is 0 Å². The third-order valence-electron chi connectivity index (χ3n) is 2.10. The zero-order chi connectivity index (χ0) is 15.6. The maximum Gasteiger partial charge on any atom is 0.200 e. The molecule has 1 aromatic rings. The summed E-state index contributed by atoms with van der Waals surface area (Å²) >= 11 is 0. The summed E-state index contributed by atoms with van der Waals surface area (Å²) in [5.74, 6) is -14.4. The minimum atomic E-state index is -2.37. The minimum Gasteiger partial charge on any atom is -0.508 e. The van der Waals surface area contributed by atoms with E-state index in [1.165, 1.54) is 0 Å². The quantitative estimate of drug-likeness (QED) is 0.224. The molecule has 0 fully saturated rings. The third kappa shape index (κ3) is 2.95. The second-order valence-corrected chi connectivity index (χ2v) is 3.65. The van der Waals surface area contributed by atoms with Crippen molar-refractivity contribution in [2.75, 3.05) is 0 Å². The van der Waals surface area contributed by atoms with Gasteiger partial charge in [-0.2, -0.15) is 0 Å². The van der Waals surface area contributed by atoms with Gasteiger partial charge in [0, 0.05) is 12.2 Å². The molecule has 20 heavy (non-hydrogen) atoms. The standard InChI is InChI=1S/C12H7F5O3/c1-4(18)2-5(19)3-6(20)7-8(13)10(15)12(17)11(16)9(7)14/h2-3,19-20H,1H3/b5-2+,6-3-. The summed E-state index contributed by atoms with van der Waals surface area (Å²) in [4.78, 5) is 10.6. The van der Waals surface area contributed by atoms with E-state index >= 15 is 0 Å². The fourth-order valence-electron chi connectivity index (χ4n) is 1.29. The Morgan fingerprint density at radius 1 is 0.850 bits per heavy atom. The average Bonchev–Trinajstić information content (AvgIpc) is 2.33. The normalized spacial score (nSPS) is 12.7. The maximum absolute atomic E-state index is 13.3. The van der Waals surface area contributed by atoms with Crippen LogP contribution in [0.15, 0.2) is 17.9 Å². The molecule has 108 valence electrons. The number of hydrogen-bond acceptors (Lipinski definition) is 3. The van der Waals surface area contributed by atoms with Gasteiger partial charge >= 0.3 is 0 Å². The zero-order valence-electron chi connectivity index (χ0n) is 9.85. The molecule has 1 rings (SSSR count). The second kappa shape index (κ2) is 5.72. The summed E-state index contributed by atoms with van der Waals surface area (Å²) in [5, 5.41) is 18.4. The lowest BCUT2D eigenvalue weighted by atomic mass is 10.1. The lowest BCUT2D eigenvalue weighted by Gasteiger charge is -2.07. The number of carbonyl (C=O) groups excluding carboxylic acids is 1. The van der Waals surface area contributed by atoms with Crippen LogP contribution in [-0.4, -0.2) is 16.0 Å². The molecule has 1 aromatic carbocycles. The fraction of sp³-hybridized carbons (Fsp3) is 0.0833. The smallest absolute Gasteiger partial charge is 0.200 e. The van der Waals surface area contributed by atoms with E-state index in [1.54, 1.807) is 0 Å². The van der Waals surface area contributed by atoms with Crippen molar-refractivity contribution in [3.05, 3.63) is 52.6 Å². The summed E-state index contributed by atoms with van der Waals surface area (Å²) in [6, 6.07) is 0. The van der Waals surface area contributed by atoms with E-state index in [-0.39, 0.29) is 6.08 Å². The largest absolute Gasteiger partial charge is 0.508 e. The van der Waals surface area contributed by atoms with Gasteiger partial charge in [0.2, 0.25) is 5.82 Å². The predicted octanol–water partition coefficient (Wildman–Crippen LogP) is 3.31. The Labute approximate surface area is 109 Å². The van der Waals surface area contributed by atoms with Gasteiger partial charge < -0.3 is 10.2 Å². The molecule has 0 aliphatic heterocycles. The number of aliphatic hydroxyl groups is 2. The van der Waals surface area contributed by atoms with E-state index in [4.69, 9.17) is 5.11 Å². The van der Waals surface area contributed by atoms with E-state index in [0.29, 0.717) is 6.08 Å². The van der Waals surface area contributed by atoms with Gasteiger partial charge in [0.05, 0.1) is 5.56 Å². The van der Waals surface area contributed by atoms with E-state index in [2.05, 4.69) is 0 Å². The van der Waals surface area contributed by atoms with Crippen molar-refractivity contribution in [2.24, 2.45) is 0 Å². The number of halogens is 5. The first-order valence-electron chi connectivity index (χ1n) is 5.00. The van der Waals surface area contributed by atoms with Crippen LogP contribution < -0.4 is 0 Å². The molecule has 0 aromatic heterocycles. The van der Waals surface area contributed by atoms with E-state index in [0.717, 1.165) is 6.92 Å². The minimum absolute atomic E-state index is 0.277. The highest BCUT2D eigenvalue weighted by molar-refractivity contribution is 5.88. The van der Waals surface area contributed by atoms with Crippen LogP contribution in [0.25, 0.3) is 5.76 Å². The molecular formula is C12H7F5O3. The predicted molar refractivity (Wildman–Crippen MR) is 58.2 cm³/mol. The van der Waals surface area contributed by atoms with Crippen LogP contribution in [-0.2, 0) is 4.79 Å². The van der Waals surface area contributed by atoms with Crippen molar-refractivity contribution in [1.29, 1.82) is 0 Å². The van der Waals surface area contributed by atoms with Crippen molar-refractivity contribution in [1.82, 2.24) is 0 Å². The molecule has 0 unspecified atom stereocenters. The molecular weight excluding hydrogens is 287 g/mol. The molecule has 0 amide bonds. The Morgan fingerprint density at radius 3 is 1.65 bits per heavy atom.